The topological polar surface area (TPSA) is 51.2 Å². The lowest BCUT2D eigenvalue weighted by Gasteiger charge is -2.32. The fraction of sp³-hybridized carbons (Fsp3) is 0.529. The molecule has 1 aliphatic rings. The molecule has 3 nitrogen and oxygen atoms in total. The number of nitrogens with one attached hydrogen (secondary N) is 1. The quantitative estimate of drug-likeness (QED) is 0.629. The van der Waals surface area contributed by atoms with Crippen LogP contribution in [-0.2, 0) is 0 Å². The van der Waals surface area contributed by atoms with Crippen LogP contribution in [0.3, 0.4) is 0 Å². The highest BCUT2D eigenvalue weighted by molar-refractivity contribution is 6.31. The molecule has 0 radical (unpaired) electrons. The molecule has 114 valence electrons. The van der Waals surface area contributed by atoms with Gasteiger partial charge in [-0.25, -0.2) is 5.43 Å². The summed E-state index contributed by atoms with van der Waals surface area (Å²) < 4.78 is 5.98. The molecule has 21 heavy (non-hydrogen) atoms. The normalized spacial score (nSPS) is 24.3. The molecule has 1 fully saturated rings. The molecule has 0 bridgehead atoms. The Morgan fingerprint density at radius 1 is 1.29 bits per heavy atom. The average molecular weight is 307 g/mol. The summed E-state index contributed by atoms with van der Waals surface area (Å²) in [7, 11) is 0. The Morgan fingerprint density at radius 2 is 2.05 bits per heavy atom. The van der Waals surface area contributed by atoms with Crippen molar-refractivity contribution in [3.8, 4) is 0 Å². The fourth-order valence-corrected chi connectivity index (χ4v) is 3.75. The van der Waals surface area contributed by atoms with Crippen molar-refractivity contribution < 1.29 is 4.42 Å². The number of furan rings is 1. The Kier molecular flexibility index (Phi) is 4.53. The smallest absolute Gasteiger partial charge is 0.134 e. The highest BCUT2D eigenvalue weighted by Crippen LogP contribution is 2.39. The molecule has 0 saturated heterocycles. The Balaban J connectivity index is 1.81. The summed E-state index contributed by atoms with van der Waals surface area (Å²) in [5.74, 6) is 8.18. The summed E-state index contributed by atoms with van der Waals surface area (Å²) >= 11 is 6.04. The average Bonchev–Trinajstić information content (AvgIpc) is 2.91. The summed E-state index contributed by atoms with van der Waals surface area (Å²) in [6, 6.07) is 7.87. The number of hydrazine groups is 1. The monoisotopic (exact) mass is 306 g/mol. The molecule has 3 rings (SSSR count). The number of fused-ring (bicyclic) bond motifs is 1. The number of hydrogen-bond donors (Lipinski definition) is 2. The summed E-state index contributed by atoms with van der Waals surface area (Å²) in [4.78, 5) is 0. The van der Waals surface area contributed by atoms with Gasteiger partial charge in [-0.05, 0) is 48.9 Å². The van der Waals surface area contributed by atoms with Gasteiger partial charge in [0.05, 0.1) is 6.04 Å². The van der Waals surface area contributed by atoms with Crippen LogP contribution in [0.15, 0.2) is 28.7 Å². The predicted octanol–water partition coefficient (Wildman–Crippen LogP) is 4.81. The molecule has 3 N–H and O–H groups in total. The van der Waals surface area contributed by atoms with Gasteiger partial charge < -0.3 is 4.42 Å². The van der Waals surface area contributed by atoms with Crippen molar-refractivity contribution >= 4 is 22.6 Å². The molecule has 1 saturated carbocycles. The first-order valence-electron chi connectivity index (χ1n) is 7.86. The number of nitrogens with two attached hydrogens (primary N) is 1. The lowest BCUT2D eigenvalue weighted by molar-refractivity contribution is 0.205. The lowest BCUT2D eigenvalue weighted by atomic mass is 9.77. The molecular formula is C17H23ClN2O. The van der Waals surface area contributed by atoms with Gasteiger partial charge in [-0.15, -0.1) is 0 Å². The minimum atomic E-state index is 0.0916. The van der Waals surface area contributed by atoms with Crippen molar-refractivity contribution in [2.45, 2.75) is 45.1 Å². The van der Waals surface area contributed by atoms with Gasteiger partial charge in [0.1, 0.15) is 11.3 Å². The van der Waals surface area contributed by atoms with E-state index in [0.717, 1.165) is 27.7 Å². The molecule has 1 aromatic heterocycles. The summed E-state index contributed by atoms with van der Waals surface area (Å²) in [5, 5.41) is 1.77. The summed E-state index contributed by atoms with van der Waals surface area (Å²) in [6.07, 6.45) is 6.31. The zero-order valence-corrected chi connectivity index (χ0v) is 13.2. The first-order valence-corrected chi connectivity index (χ1v) is 8.24. The van der Waals surface area contributed by atoms with Crippen LogP contribution < -0.4 is 11.3 Å². The van der Waals surface area contributed by atoms with Crippen LogP contribution >= 0.6 is 11.6 Å². The zero-order chi connectivity index (χ0) is 14.8. The SMILES string of the molecule is CCC1CCC(C(NN)c2cc3cc(Cl)ccc3o2)CC1. The first-order chi connectivity index (χ1) is 10.2. The molecule has 1 unspecified atom stereocenters. The molecule has 0 aliphatic heterocycles. The van der Waals surface area contributed by atoms with Crippen molar-refractivity contribution in [2.24, 2.45) is 17.7 Å². The van der Waals surface area contributed by atoms with Gasteiger partial charge in [-0.2, -0.15) is 0 Å². The highest BCUT2D eigenvalue weighted by Gasteiger charge is 2.29. The van der Waals surface area contributed by atoms with Gasteiger partial charge in [0.15, 0.2) is 0 Å². The van der Waals surface area contributed by atoms with E-state index in [2.05, 4.69) is 18.4 Å². The predicted molar refractivity (Wildman–Crippen MR) is 87.0 cm³/mol. The molecule has 1 atom stereocenters. The Labute approximate surface area is 130 Å². The van der Waals surface area contributed by atoms with Crippen molar-refractivity contribution in [2.75, 3.05) is 0 Å². The number of benzene rings is 1. The molecule has 1 aromatic carbocycles. The van der Waals surface area contributed by atoms with Gasteiger partial charge in [0.2, 0.25) is 0 Å². The molecular weight excluding hydrogens is 284 g/mol. The van der Waals surface area contributed by atoms with Gasteiger partial charge in [-0.3, -0.25) is 5.84 Å². The van der Waals surface area contributed by atoms with Crippen LogP contribution in [0, 0.1) is 11.8 Å². The van der Waals surface area contributed by atoms with Crippen LogP contribution in [0.1, 0.15) is 50.8 Å². The maximum atomic E-state index is 6.04. The minimum absolute atomic E-state index is 0.0916. The second kappa shape index (κ2) is 6.39. The van der Waals surface area contributed by atoms with E-state index in [1.165, 1.54) is 32.1 Å². The number of rotatable bonds is 4. The van der Waals surface area contributed by atoms with E-state index in [1.54, 1.807) is 0 Å². The van der Waals surface area contributed by atoms with Crippen molar-refractivity contribution in [1.29, 1.82) is 0 Å². The molecule has 2 aromatic rings. The van der Waals surface area contributed by atoms with Crippen LogP contribution in [0.4, 0.5) is 0 Å². The van der Waals surface area contributed by atoms with E-state index < -0.39 is 0 Å². The number of hydrogen-bond acceptors (Lipinski definition) is 3. The molecule has 0 spiro atoms. The van der Waals surface area contributed by atoms with Crippen LogP contribution in [0.5, 0.6) is 0 Å². The highest BCUT2D eigenvalue weighted by atomic mass is 35.5. The third-order valence-electron chi connectivity index (χ3n) is 4.92. The fourth-order valence-electron chi connectivity index (χ4n) is 3.57. The van der Waals surface area contributed by atoms with Crippen molar-refractivity contribution in [1.82, 2.24) is 5.43 Å². The van der Waals surface area contributed by atoms with E-state index in [9.17, 15) is 0 Å². The standard InChI is InChI=1S/C17H23ClN2O/c1-2-11-3-5-12(6-4-11)17(20-19)16-10-13-9-14(18)7-8-15(13)21-16/h7-12,17,20H,2-6,19H2,1H3. The Hall–Kier alpha value is -1.03. The zero-order valence-electron chi connectivity index (χ0n) is 12.4. The third kappa shape index (κ3) is 3.10. The maximum Gasteiger partial charge on any atom is 0.134 e. The Morgan fingerprint density at radius 3 is 2.71 bits per heavy atom. The molecule has 1 heterocycles. The van der Waals surface area contributed by atoms with E-state index in [0.29, 0.717) is 5.92 Å². The van der Waals surface area contributed by atoms with E-state index >= 15 is 0 Å². The molecule has 4 heteroatoms. The van der Waals surface area contributed by atoms with E-state index in [1.807, 2.05) is 18.2 Å². The second-order valence-electron chi connectivity index (χ2n) is 6.16. The Bertz CT molecular complexity index is 602. The van der Waals surface area contributed by atoms with Crippen molar-refractivity contribution in [3.05, 3.63) is 35.0 Å². The van der Waals surface area contributed by atoms with Crippen LogP contribution in [0.2, 0.25) is 5.02 Å². The molecule has 0 amide bonds. The van der Waals surface area contributed by atoms with Crippen LogP contribution in [0.25, 0.3) is 11.0 Å². The molecule has 1 aliphatic carbocycles. The van der Waals surface area contributed by atoms with Gasteiger partial charge >= 0.3 is 0 Å². The largest absolute Gasteiger partial charge is 0.459 e. The summed E-state index contributed by atoms with van der Waals surface area (Å²) in [6.45, 7) is 2.28. The minimum Gasteiger partial charge on any atom is -0.459 e. The van der Waals surface area contributed by atoms with Crippen molar-refractivity contribution in [3.63, 3.8) is 0 Å². The maximum absolute atomic E-state index is 6.04. The van der Waals surface area contributed by atoms with E-state index in [4.69, 9.17) is 21.9 Å². The first kappa shape index (κ1) is 14.9. The van der Waals surface area contributed by atoms with Gasteiger partial charge in [-0.1, -0.05) is 37.8 Å². The van der Waals surface area contributed by atoms with Gasteiger partial charge in [0, 0.05) is 10.4 Å². The number of halogens is 1. The third-order valence-corrected chi connectivity index (χ3v) is 5.16. The lowest BCUT2D eigenvalue weighted by Crippen LogP contribution is -2.35. The second-order valence-corrected chi connectivity index (χ2v) is 6.60. The summed E-state index contributed by atoms with van der Waals surface area (Å²) in [5.41, 5.74) is 3.84. The van der Waals surface area contributed by atoms with E-state index in [-0.39, 0.29) is 6.04 Å². The van der Waals surface area contributed by atoms with Crippen LogP contribution in [-0.4, -0.2) is 0 Å². The van der Waals surface area contributed by atoms with Gasteiger partial charge in [0.25, 0.3) is 0 Å².